The van der Waals surface area contributed by atoms with Crippen molar-refractivity contribution < 1.29 is 27.4 Å². The molecule has 0 saturated carbocycles. The summed E-state index contributed by atoms with van der Waals surface area (Å²) in [5.41, 5.74) is -0.229. The quantitative estimate of drug-likeness (QED) is 0.566. The molecule has 0 aromatic heterocycles. The topological polar surface area (TPSA) is 47.6 Å². The van der Waals surface area contributed by atoms with Crippen molar-refractivity contribution in [2.45, 2.75) is 26.9 Å². The summed E-state index contributed by atoms with van der Waals surface area (Å²) in [7, 11) is 0. The predicted octanol–water partition coefficient (Wildman–Crippen LogP) is 4.24. The van der Waals surface area contributed by atoms with Gasteiger partial charge in [0.2, 0.25) is 0 Å². The van der Waals surface area contributed by atoms with Crippen LogP contribution in [0.2, 0.25) is 0 Å². The first-order valence-corrected chi connectivity index (χ1v) is 7.61. The summed E-state index contributed by atoms with van der Waals surface area (Å²) >= 11 is 0. The van der Waals surface area contributed by atoms with Gasteiger partial charge in [0.05, 0.1) is 18.8 Å². The number of alkyl halides is 3. The lowest BCUT2D eigenvalue weighted by atomic mass is 10.2. The zero-order valence-electron chi connectivity index (χ0n) is 13.9. The first kappa shape index (κ1) is 20.0. The summed E-state index contributed by atoms with van der Waals surface area (Å²) in [4.78, 5) is 11.6. The second-order valence-electron chi connectivity index (χ2n) is 5.53. The molecular formula is C17H22F3NO3. The fourth-order valence-corrected chi connectivity index (χ4v) is 1.80. The molecule has 1 rings (SSSR count). The van der Waals surface area contributed by atoms with Gasteiger partial charge in [-0.05, 0) is 31.0 Å². The molecule has 1 aromatic carbocycles. The largest absolute Gasteiger partial charge is 0.463 e. The lowest BCUT2D eigenvalue weighted by molar-refractivity contribution is -0.138. The van der Waals surface area contributed by atoms with Crippen LogP contribution in [-0.2, 0) is 20.4 Å². The molecule has 0 aliphatic carbocycles. The highest BCUT2D eigenvalue weighted by Gasteiger charge is 2.30. The molecule has 0 aliphatic heterocycles. The first-order valence-electron chi connectivity index (χ1n) is 7.61. The van der Waals surface area contributed by atoms with E-state index in [0.29, 0.717) is 18.2 Å². The van der Waals surface area contributed by atoms with E-state index in [2.05, 4.69) is 5.32 Å². The van der Waals surface area contributed by atoms with Gasteiger partial charge in [-0.25, -0.2) is 4.79 Å². The Bertz CT molecular complexity index is 568. The molecule has 0 atom stereocenters. The van der Waals surface area contributed by atoms with Crippen molar-refractivity contribution >= 4 is 11.7 Å². The van der Waals surface area contributed by atoms with E-state index in [-0.39, 0.29) is 18.9 Å². The van der Waals surface area contributed by atoms with Gasteiger partial charge >= 0.3 is 12.1 Å². The third-order valence-electron chi connectivity index (χ3n) is 2.78. The normalized spacial score (nSPS) is 12.4. The van der Waals surface area contributed by atoms with Gasteiger partial charge in [0.15, 0.2) is 0 Å². The van der Waals surface area contributed by atoms with Crippen LogP contribution in [0.5, 0.6) is 0 Å². The molecule has 1 aromatic rings. The molecule has 134 valence electrons. The Morgan fingerprint density at radius 2 is 2.04 bits per heavy atom. The summed E-state index contributed by atoms with van der Waals surface area (Å²) in [5.74, 6) is -0.289. The minimum Gasteiger partial charge on any atom is -0.463 e. The number of anilines is 1. The fraction of sp³-hybridized carbons (Fsp3) is 0.471. The third-order valence-corrected chi connectivity index (χ3v) is 2.78. The molecule has 4 nitrogen and oxygen atoms in total. The monoisotopic (exact) mass is 345 g/mol. The van der Waals surface area contributed by atoms with Gasteiger partial charge in [0.25, 0.3) is 0 Å². The molecule has 0 spiro atoms. The number of benzene rings is 1. The summed E-state index contributed by atoms with van der Waals surface area (Å²) < 4.78 is 48.6. The minimum absolute atomic E-state index is 0.0627. The molecule has 1 N–H and O–H groups in total. The predicted molar refractivity (Wildman–Crippen MR) is 85.4 cm³/mol. The number of halogens is 3. The number of hydrogen-bond acceptors (Lipinski definition) is 4. The zero-order chi connectivity index (χ0) is 18.2. The Morgan fingerprint density at radius 1 is 1.33 bits per heavy atom. The van der Waals surface area contributed by atoms with Gasteiger partial charge in [-0.1, -0.05) is 19.9 Å². The summed E-state index contributed by atoms with van der Waals surface area (Å²) in [6.07, 6.45) is -3.25. The van der Waals surface area contributed by atoms with Crippen molar-refractivity contribution in [3.8, 4) is 0 Å². The average Bonchev–Trinajstić information content (AvgIpc) is 2.46. The summed E-state index contributed by atoms with van der Waals surface area (Å²) in [6.45, 7) is 6.33. The van der Waals surface area contributed by atoms with Crippen LogP contribution in [0.25, 0.3) is 0 Å². The highest BCUT2D eigenvalue weighted by atomic mass is 19.4. The second-order valence-corrected chi connectivity index (χ2v) is 5.53. The van der Waals surface area contributed by atoms with Crippen molar-refractivity contribution in [2.24, 2.45) is 5.92 Å². The number of rotatable bonds is 8. The van der Waals surface area contributed by atoms with Gasteiger partial charge in [0, 0.05) is 24.1 Å². The van der Waals surface area contributed by atoms with E-state index in [1.807, 2.05) is 13.8 Å². The maximum absolute atomic E-state index is 12.8. The van der Waals surface area contributed by atoms with E-state index in [9.17, 15) is 18.0 Å². The van der Waals surface area contributed by atoms with Gasteiger partial charge in [-0.15, -0.1) is 0 Å². The third kappa shape index (κ3) is 7.50. The standard InChI is InChI=1S/C17H22F3NO3/c1-4-24-16(22)9-15(11-23-10-12(2)3)21-14-7-5-6-13(8-14)17(18,19)20/h5-9,12,21H,4,10-11H2,1-3H3/b15-9+. The van der Waals surface area contributed by atoms with Gasteiger partial charge in [-0.3, -0.25) is 0 Å². The van der Waals surface area contributed by atoms with Crippen LogP contribution in [0, 0.1) is 5.92 Å². The molecule has 0 saturated heterocycles. The van der Waals surface area contributed by atoms with Crippen LogP contribution >= 0.6 is 0 Å². The maximum atomic E-state index is 12.8. The van der Waals surface area contributed by atoms with E-state index in [0.717, 1.165) is 12.1 Å². The molecule has 0 amide bonds. The van der Waals surface area contributed by atoms with Gasteiger partial charge < -0.3 is 14.8 Å². The maximum Gasteiger partial charge on any atom is 0.416 e. The van der Waals surface area contributed by atoms with E-state index < -0.39 is 17.7 Å². The van der Waals surface area contributed by atoms with E-state index >= 15 is 0 Å². The Balaban J connectivity index is 2.89. The Kier molecular flexibility index (Phi) is 7.78. The molecule has 7 heteroatoms. The van der Waals surface area contributed by atoms with Crippen LogP contribution in [0.1, 0.15) is 26.3 Å². The van der Waals surface area contributed by atoms with Crippen LogP contribution in [0.4, 0.5) is 18.9 Å². The molecule has 0 aliphatic rings. The minimum atomic E-state index is -4.43. The number of ether oxygens (including phenoxy) is 2. The van der Waals surface area contributed by atoms with E-state index in [4.69, 9.17) is 9.47 Å². The first-order chi connectivity index (χ1) is 11.2. The number of nitrogens with one attached hydrogen (secondary N) is 1. The smallest absolute Gasteiger partial charge is 0.416 e. The number of esters is 1. The van der Waals surface area contributed by atoms with Gasteiger partial charge in [-0.2, -0.15) is 13.2 Å². The molecule has 0 heterocycles. The van der Waals surface area contributed by atoms with Crippen molar-refractivity contribution in [1.82, 2.24) is 0 Å². The Morgan fingerprint density at radius 3 is 2.62 bits per heavy atom. The SMILES string of the molecule is CCOC(=O)/C=C(\COCC(C)C)Nc1cccc(C(F)(F)F)c1. The lowest BCUT2D eigenvalue weighted by Gasteiger charge is -2.14. The molecular weight excluding hydrogens is 323 g/mol. The fourth-order valence-electron chi connectivity index (χ4n) is 1.80. The number of hydrogen-bond donors (Lipinski definition) is 1. The highest BCUT2D eigenvalue weighted by molar-refractivity contribution is 5.83. The van der Waals surface area contributed by atoms with Crippen molar-refractivity contribution in [3.05, 3.63) is 41.6 Å². The van der Waals surface area contributed by atoms with Crippen molar-refractivity contribution in [3.63, 3.8) is 0 Å². The second kappa shape index (κ2) is 9.32. The molecule has 0 fully saturated rings. The highest BCUT2D eigenvalue weighted by Crippen LogP contribution is 2.30. The molecule has 0 bridgehead atoms. The van der Waals surface area contributed by atoms with Crippen LogP contribution in [-0.4, -0.2) is 25.8 Å². The van der Waals surface area contributed by atoms with Crippen molar-refractivity contribution in [1.29, 1.82) is 0 Å². The number of carbonyl (C=O) groups excluding carboxylic acids is 1. The number of carbonyl (C=O) groups is 1. The molecule has 24 heavy (non-hydrogen) atoms. The van der Waals surface area contributed by atoms with E-state index in [1.165, 1.54) is 18.2 Å². The molecule has 0 unspecified atom stereocenters. The Labute approximate surface area is 139 Å². The van der Waals surface area contributed by atoms with Crippen molar-refractivity contribution in [2.75, 3.05) is 25.1 Å². The molecule has 0 radical (unpaired) electrons. The Hall–Kier alpha value is -2.02. The van der Waals surface area contributed by atoms with Crippen LogP contribution in [0.15, 0.2) is 36.0 Å². The summed E-state index contributed by atoms with van der Waals surface area (Å²) in [6, 6.07) is 4.73. The van der Waals surface area contributed by atoms with Crippen LogP contribution in [0.3, 0.4) is 0 Å². The zero-order valence-corrected chi connectivity index (χ0v) is 13.9. The summed E-state index contributed by atoms with van der Waals surface area (Å²) in [5, 5.41) is 2.79. The van der Waals surface area contributed by atoms with Gasteiger partial charge in [0.1, 0.15) is 0 Å². The average molecular weight is 345 g/mol. The van der Waals surface area contributed by atoms with Crippen LogP contribution < -0.4 is 5.32 Å². The van der Waals surface area contributed by atoms with E-state index in [1.54, 1.807) is 6.92 Å². The lowest BCUT2D eigenvalue weighted by Crippen LogP contribution is -2.14.